The van der Waals surface area contributed by atoms with Crippen molar-refractivity contribution in [2.24, 2.45) is 11.8 Å². The maximum atomic E-state index is 13.6. The van der Waals surface area contributed by atoms with E-state index in [9.17, 15) is 19.2 Å². The van der Waals surface area contributed by atoms with Crippen molar-refractivity contribution in [2.45, 2.75) is 135 Å². The van der Waals surface area contributed by atoms with Crippen LogP contribution in [-0.2, 0) is 23.8 Å². The molecule has 0 aromatic rings. The number of carbonyl (C=O) groups excluding carboxylic acids is 2. The van der Waals surface area contributed by atoms with Crippen LogP contribution in [0, 0.1) is 11.8 Å². The third kappa shape index (κ3) is 11.8. The van der Waals surface area contributed by atoms with Crippen LogP contribution in [0.1, 0.15) is 105 Å². The number of nitrogens with zero attached hydrogens (tertiary/aromatic N) is 1. The second-order valence-corrected chi connectivity index (χ2v) is 14.9. The molecule has 2 fully saturated rings. The topological polar surface area (TPSA) is 118 Å². The molecule has 1 saturated carbocycles. The number of hydrogen-bond donors (Lipinski definition) is 3. The zero-order valence-corrected chi connectivity index (χ0v) is 26.2. The Balaban J connectivity index is 2.09. The van der Waals surface area contributed by atoms with Gasteiger partial charge in [-0.3, -0.25) is 9.59 Å². The zero-order chi connectivity index (χ0) is 28.8. The first-order valence-electron chi connectivity index (χ1n) is 15.4. The fourth-order valence-electron chi connectivity index (χ4n) is 5.92. The van der Waals surface area contributed by atoms with Crippen molar-refractivity contribution in [1.82, 2.24) is 10.2 Å². The molecule has 0 spiro atoms. The summed E-state index contributed by atoms with van der Waals surface area (Å²) in [6.07, 6.45) is 8.91. The number of likely N-dealkylation sites (tertiary alicyclic amines) is 1. The fraction of sp³-hybridized carbons (Fsp3) is 0.931. The van der Waals surface area contributed by atoms with Gasteiger partial charge >= 0.3 is 8.56 Å². The van der Waals surface area contributed by atoms with Gasteiger partial charge in [-0.25, -0.2) is 0 Å². The van der Waals surface area contributed by atoms with E-state index >= 15 is 0 Å². The molecule has 3 atom stereocenters. The van der Waals surface area contributed by atoms with Crippen molar-refractivity contribution < 1.29 is 33.4 Å². The third-order valence-electron chi connectivity index (χ3n) is 8.14. The van der Waals surface area contributed by atoms with E-state index in [-0.39, 0.29) is 30.6 Å². The molecule has 9 nitrogen and oxygen atoms in total. The zero-order valence-electron chi connectivity index (χ0n) is 25.2. The summed E-state index contributed by atoms with van der Waals surface area (Å²) in [5.41, 5.74) is -0.648. The Morgan fingerprint density at radius 3 is 2.26 bits per heavy atom. The standard InChI is InChI=1S/C29H56N2O7Si/c1-6-8-14-26(38-25(7-2)29(33)31-17-15-24(16-18-31)37-21-36-5)28(32)30-27(39(34,35)20-22(3)4)19-23-12-10-9-11-13-23/h22-27,34-35H,6-21H2,1-5H3,(H,30,32). The molecule has 1 heterocycles. The molecule has 0 radical (unpaired) electrons. The molecule has 2 amide bonds. The van der Waals surface area contributed by atoms with Crippen molar-refractivity contribution in [3.8, 4) is 0 Å². The first kappa shape index (κ1) is 34.2. The van der Waals surface area contributed by atoms with Gasteiger partial charge in [-0.2, -0.15) is 0 Å². The Hall–Kier alpha value is -1.04. The number of methoxy groups -OCH3 is 1. The van der Waals surface area contributed by atoms with Gasteiger partial charge in [-0.15, -0.1) is 0 Å². The van der Waals surface area contributed by atoms with Crippen LogP contribution in [0.2, 0.25) is 6.04 Å². The lowest BCUT2D eigenvalue weighted by Gasteiger charge is -2.36. The van der Waals surface area contributed by atoms with Crippen LogP contribution in [0.5, 0.6) is 0 Å². The molecule has 3 N–H and O–H groups in total. The Morgan fingerprint density at radius 2 is 1.69 bits per heavy atom. The van der Waals surface area contributed by atoms with Gasteiger partial charge in [-0.05, 0) is 50.0 Å². The number of rotatable bonds is 17. The molecule has 1 aliphatic carbocycles. The number of amides is 2. The predicted molar refractivity (Wildman–Crippen MR) is 154 cm³/mol. The molecule has 2 rings (SSSR count). The Morgan fingerprint density at radius 1 is 1.03 bits per heavy atom. The van der Waals surface area contributed by atoms with Gasteiger partial charge in [0.1, 0.15) is 19.0 Å². The Bertz CT molecular complexity index is 710. The number of piperidine rings is 1. The molecular weight excluding hydrogens is 516 g/mol. The second kappa shape index (κ2) is 17.7. The Labute approximate surface area is 237 Å². The molecule has 1 saturated heterocycles. The van der Waals surface area contributed by atoms with E-state index in [1.54, 1.807) is 7.11 Å². The molecule has 228 valence electrons. The minimum atomic E-state index is -3.72. The van der Waals surface area contributed by atoms with Gasteiger partial charge in [0.2, 0.25) is 5.91 Å². The van der Waals surface area contributed by atoms with E-state index in [2.05, 4.69) is 12.2 Å². The van der Waals surface area contributed by atoms with E-state index in [0.717, 1.165) is 51.4 Å². The van der Waals surface area contributed by atoms with E-state index in [0.29, 0.717) is 44.3 Å². The van der Waals surface area contributed by atoms with E-state index < -0.39 is 26.4 Å². The largest absolute Gasteiger partial charge is 0.409 e. The summed E-state index contributed by atoms with van der Waals surface area (Å²) in [6, 6.07) is 0.311. The molecular formula is C29H56N2O7Si. The normalized spacial score (nSPS) is 20.2. The van der Waals surface area contributed by atoms with Crippen LogP contribution in [0.4, 0.5) is 0 Å². The highest BCUT2D eigenvalue weighted by Crippen LogP contribution is 2.30. The van der Waals surface area contributed by atoms with Gasteiger partial charge in [-0.1, -0.05) is 72.6 Å². The van der Waals surface area contributed by atoms with Crippen LogP contribution in [0.3, 0.4) is 0 Å². The minimum absolute atomic E-state index is 0.0754. The van der Waals surface area contributed by atoms with Gasteiger partial charge < -0.3 is 34.0 Å². The molecule has 3 unspecified atom stereocenters. The number of nitrogens with one attached hydrogen (secondary N) is 1. The lowest BCUT2D eigenvalue weighted by Crippen LogP contribution is -2.60. The van der Waals surface area contributed by atoms with Crippen LogP contribution in [-0.4, -0.2) is 85.8 Å². The third-order valence-corrected chi connectivity index (χ3v) is 11.1. The van der Waals surface area contributed by atoms with E-state index in [4.69, 9.17) is 14.2 Å². The van der Waals surface area contributed by atoms with Crippen molar-refractivity contribution in [3.05, 3.63) is 0 Å². The lowest BCUT2D eigenvalue weighted by molar-refractivity contribution is -0.157. The van der Waals surface area contributed by atoms with Crippen molar-refractivity contribution in [1.29, 1.82) is 0 Å². The second-order valence-electron chi connectivity index (χ2n) is 12.0. The number of hydrogen-bond acceptors (Lipinski definition) is 7. The summed E-state index contributed by atoms with van der Waals surface area (Å²) >= 11 is 0. The van der Waals surface area contributed by atoms with Gasteiger partial charge in [0, 0.05) is 20.2 Å². The quantitative estimate of drug-likeness (QED) is 0.178. The smallest absolute Gasteiger partial charge is 0.356 e. The van der Waals surface area contributed by atoms with Gasteiger partial charge in [0.05, 0.1) is 11.8 Å². The summed E-state index contributed by atoms with van der Waals surface area (Å²) in [5, 5.41) is 3.04. The lowest BCUT2D eigenvalue weighted by atomic mass is 9.87. The minimum Gasteiger partial charge on any atom is -0.409 e. The highest BCUT2D eigenvalue weighted by molar-refractivity contribution is 6.66. The molecule has 0 aromatic heterocycles. The van der Waals surface area contributed by atoms with Gasteiger partial charge in [0.25, 0.3) is 5.91 Å². The monoisotopic (exact) mass is 572 g/mol. The summed E-state index contributed by atoms with van der Waals surface area (Å²) in [5.74, 6) is 0.0864. The van der Waals surface area contributed by atoms with E-state index in [1.807, 2.05) is 25.7 Å². The molecule has 2 aliphatic rings. The molecule has 10 heteroatoms. The SMILES string of the molecule is CCCCC(OC(CC)C(=O)N1CCC(OCOC)CC1)C(=O)NC(CC1CCCCC1)[Si](O)(O)CC(C)C. The van der Waals surface area contributed by atoms with E-state index in [1.165, 1.54) is 6.42 Å². The summed E-state index contributed by atoms with van der Waals surface area (Å²) < 4.78 is 16.9. The number of ether oxygens (including phenoxy) is 3. The van der Waals surface area contributed by atoms with Crippen LogP contribution in [0.25, 0.3) is 0 Å². The average molecular weight is 573 g/mol. The number of unbranched alkanes of at least 4 members (excludes halogenated alkanes) is 1. The Kier molecular flexibility index (Phi) is 15.5. The van der Waals surface area contributed by atoms with Gasteiger partial charge in [0.15, 0.2) is 0 Å². The van der Waals surface area contributed by atoms with Crippen LogP contribution >= 0.6 is 0 Å². The molecule has 39 heavy (non-hydrogen) atoms. The van der Waals surface area contributed by atoms with Crippen molar-refractivity contribution in [3.63, 3.8) is 0 Å². The van der Waals surface area contributed by atoms with Crippen molar-refractivity contribution in [2.75, 3.05) is 27.0 Å². The first-order valence-corrected chi connectivity index (χ1v) is 17.6. The van der Waals surface area contributed by atoms with Crippen LogP contribution in [0.15, 0.2) is 0 Å². The maximum Gasteiger partial charge on any atom is 0.356 e. The summed E-state index contributed by atoms with van der Waals surface area (Å²) in [4.78, 5) is 51.2. The van der Waals surface area contributed by atoms with Crippen molar-refractivity contribution >= 4 is 20.4 Å². The highest BCUT2D eigenvalue weighted by atomic mass is 28.4. The first-order chi connectivity index (χ1) is 18.6. The maximum absolute atomic E-state index is 13.6. The van der Waals surface area contributed by atoms with Crippen LogP contribution < -0.4 is 5.32 Å². The number of carbonyl (C=O) groups is 2. The predicted octanol–water partition coefficient (Wildman–Crippen LogP) is 4.03. The summed E-state index contributed by atoms with van der Waals surface area (Å²) in [6.45, 7) is 9.33. The molecule has 0 bridgehead atoms. The average Bonchev–Trinajstić information content (AvgIpc) is 2.91. The molecule has 0 aromatic carbocycles. The highest BCUT2D eigenvalue weighted by Gasteiger charge is 2.43. The molecule has 1 aliphatic heterocycles. The fourth-order valence-corrected chi connectivity index (χ4v) is 8.49. The summed E-state index contributed by atoms with van der Waals surface area (Å²) in [7, 11) is -2.12.